The minimum atomic E-state index is -0.710. The predicted octanol–water partition coefficient (Wildman–Crippen LogP) is 4.57. The number of amides is 2. The fourth-order valence-electron chi connectivity index (χ4n) is 2.94. The molecule has 0 aliphatic rings. The number of pyridine rings is 1. The lowest BCUT2D eigenvalue weighted by Crippen LogP contribution is -2.17. The van der Waals surface area contributed by atoms with E-state index in [4.69, 9.17) is 5.26 Å². The largest absolute Gasteiger partial charge is 0.322 e. The predicted molar refractivity (Wildman–Crippen MR) is 121 cm³/mol. The van der Waals surface area contributed by atoms with Crippen LogP contribution in [0.2, 0.25) is 0 Å². The van der Waals surface area contributed by atoms with E-state index >= 15 is 0 Å². The first-order chi connectivity index (χ1) is 15.2. The molecule has 158 valence electrons. The number of carbonyl (C=O) groups is 2. The Kier molecular flexibility index (Phi) is 6.32. The number of nitriles is 2. The van der Waals surface area contributed by atoms with E-state index in [2.05, 4.69) is 21.7 Å². The van der Waals surface area contributed by atoms with E-state index in [1.54, 1.807) is 50.2 Å². The molecule has 0 fully saturated rings. The highest BCUT2D eigenvalue weighted by Crippen LogP contribution is 2.24. The molecule has 32 heavy (non-hydrogen) atoms. The molecule has 3 aromatic rings. The van der Waals surface area contributed by atoms with Crippen molar-refractivity contribution in [1.29, 1.82) is 10.5 Å². The number of hydrogen-bond acceptors (Lipinski definition) is 5. The topological polar surface area (TPSA) is 119 Å². The van der Waals surface area contributed by atoms with Crippen LogP contribution < -0.4 is 10.6 Å². The van der Waals surface area contributed by atoms with Crippen LogP contribution >= 0.6 is 0 Å². The van der Waals surface area contributed by atoms with Gasteiger partial charge in [0.05, 0.1) is 17.0 Å². The minimum absolute atomic E-state index is 0.227. The van der Waals surface area contributed by atoms with E-state index in [-0.39, 0.29) is 17.5 Å². The maximum absolute atomic E-state index is 12.8. The van der Waals surface area contributed by atoms with Crippen LogP contribution in [0.3, 0.4) is 0 Å². The van der Waals surface area contributed by atoms with E-state index in [0.29, 0.717) is 22.5 Å². The zero-order valence-corrected chi connectivity index (χ0v) is 17.9. The molecule has 2 amide bonds. The Morgan fingerprint density at radius 3 is 2.34 bits per heavy atom. The summed E-state index contributed by atoms with van der Waals surface area (Å²) in [5, 5.41) is 23.8. The minimum Gasteiger partial charge on any atom is -0.322 e. The Balaban J connectivity index is 1.78. The maximum atomic E-state index is 12.8. The van der Waals surface area contributed by atoms with Crippen molar-refractivity contribution in [3.8, 4) is 12.1 Å². The number of rotatable bonds is 5. The number of anilines is 2. The highest BCUT2D eigenvalue weighted by Gasteiger charge is 2.21. The standard InChI is InChI=1S/C25H21N5O2/c1-16-7-9-20(12-22(16)30-24(32)18-8-10-21(13-26)28-14-18)29-23(31)17-5-4-6-19(11-17)25(2,3)15-27/h4-12,14H,1-3H3,(H,29,31)(H,30,32). The molecule has 0 aliphatic carbocycles. The van der Waals surface area contributed by atoms with Gasteiger partial charge in [-0.1, -0.05) is 18.2 Å². The van der Waals surface area contributed by atoms with Crippen LogP contribution in [0.4, 0.5) is 11.4 Å². The summed E-state index contributed by atoms with van der Waals surface area (Å²) in [7, 11) is 0. The van der Waals surface area contributed by atoms with Crippen LogP contribution in [0.5, 0.6) is 0 Å². The fraction of sp³-hybridized carbons (Fsp3) is 0.160. The Morgan fingerprint density at radius 2 is 1.69 bits per heavy atom. The van der Waals surface area contributed by atoms with Gasteiger partial charge in [-0.3, -0.25) is 9.59 Å². The summed E-state index contributed by atoms with van der Waals surface area (Å²) >= 11 is 0. The molecule has 7 nitrogen and oxygen atoms in total. The number of aromatic nitrogens is 1. The molecule has 2 aromatic carbocycles. The lowest BCUT2D eigenvalue weighted by atomic mass is 9.85. The Morgan fingerprint density at radius 1 is 0.938 bits per heavy atom. The van der Waals surface area contributed by atoms with Gasteiger partial charge in [-0.25, -0.2) is 4.98 Å². The SMILES string of the molecule is Cc1ccc(NC(=O)c2cccc(C(C)(C)C#N)c2)cc1NC(=O)c1ccc(C#N)nc1. The molecule has 0 saturated heterocycles. The number of nitrogens with zero attached hydrogens (tertiary/aromatic N) is 3. The molecule has 0 radical (unpaired) electrons. The zero-order chi connectivity index (χ0) is 23.3. The van der Waals surface area contributed by atoms with Gasteiger partial charge in [0.1, 0.15) is 11.8 Å². The van der Waals surface area contributed by atoms with Crippen molar-refractivity contribution in [3.05, 3.63) is 88.7 Å². The molecule has 0 spiro atoms. The van der Waals surface area contributed by atoms with Crippen molar-refractivity contribution in [2.45, 2.75) is 26.2 Å². The number of carbonyl (C=O) groups excluding carboxylic acids is 2. The summed E-state index contributed by atoms with van der Waals surface area (Å²) in [4.78, 5) is 29.2. The van der Waals surface area contributed by atoms with Gasteiger partial charge in [-0.2, -0.15) is 10.5 Å². The molecule has 1 heterocycles. The van der Waals surface area contributed by atoms with Crippen molar-refractivity contribution < 1.29 is 9.59 Å². The molecule has 0 bridgehead atoms. The van der Waals surface area contributed by atoms with Crippen LogP contribution in [-0.4, -0.2) is 16.8 Å². The number of aryl methyl sites for hydroxylation is 1. The zero-order valence-electron chi connectivity index (χ0n) is 17.9. The average molecular weight is 423 g/mol. The lowest BCUT2D eigenvalue weighted by Gasteiger charge is -2.17. The summed E-state index contributed by atoms with van der Waals surface area (Å²) in [6, 6.07) is 19.3. The van der Waals surface area contributed by atoms with Gasteiger partial charge in [0.15, 0.2) is 0 Å². The Labute approximate surface area is 186 Å². The van der Waals surface area contributed by atoms with Crippen LogP contribution in [0.1, 0.15) is 51.4 Å². The van der Waals surface area contributed by atoms with Crippen LogP contribution in [0.15, 0.2) is 60.8 Å². The molecule has 3 rings (SSSR count). The highest BCUT2D eigenvalue weighted by atomic mass is 16.2. The number of nitrogens with one attached hydrogen (secondary N) is 2. The summed E-state index contributed by atoms with van der Waals surface area (Å²) in [6.07, 6.45) is 1.34. The van der Waals surface area contributed by atoms with E-state index in [9.17, 15) is 14.9 Å². The highest BCUT2D eigenvalue weighted by molar-refractivity contribution is 6.06. The second kappa shape index (κ2) is 9.11. The first-order valence-electron chi connectivity index (χ1n) is 9.85. The van der Waals surface area contributed by atoms with Crippen molar-refractivity contribution in [3.63, 3.8) is 0 Å². The van der Waals surface area contributed by atoms with Crippen molar-refractivity contribution in [2.24, 2.45) is 0 Å². The molecule has 0 atom stereocenters. The second-order valence-electron chi connectivity index (χ2n) is 7.80. The van der Waals surface area contributed by atoms with E-state index < -0.39 is 5.41 Å². The summed E-state index contributed by atoms with van der Waals surface area (Å²) in [6.45, 7) is 5.43. The first-order valence-corrected chi connectivity index (χ1v) is 9.85. The quantitative estimate of drug-likeness (QED) is 0.623. The van der Waals surface area contributed by atoms with E-state index in [0.717, 1.165) is 11.1 Å². The lowest BCUT2D eigenvalue weighted by molar-refractivity contribution is 0.101. The number of benzene rings is 2. The van der Waals surface area contributed by atoms with Gasteiger partial charge < -0.3 is 10.6 Å². The van der Waals surface area contributed by atoms with Crippen LogP contribution in [-0.2, 0) is 5.41 Å². The van der Waals surface area contributed by atoms with Crippen LogP contribution in [0, 0.1) is 29.6 Å². The molecule has 0 saturated carbocycles. The van der Waals surface area contributed by atoms with Crippen molar-refractivity contribution >= 4 is 23.2 Å². The van der Waals surface area contributed by atoms with E-state index in [1.807, 2.05) is 19.1 Å². The summed E-state index contributed by atoms with van der Waals surface area (Å²) in [5.74, 6) is -0.696. The van der Waals surface area contributed by atoms with Crippen molar-refractivity contribution in [2.75, 3.05) is 10.6 Å². The van der Waals surface area contributed by atoms with E-state index in [1.165, 1.54) is 18.3 Å². The van der Waals surface area contributed by atoms with Gasteiger partial charge in [0.25, 0.3) is 11.8 Å². The van der Waals surface area contributed by atoms with Crippen molar-refractivity contribution in [1.82, 2.24) is 4.98 Å². The smallest absolute Gasteiger partial charge is 0.257 e. The molecule has 2 N–H and O–H groups in total. The summed E-state index contributed by atoms with van der Waals surface area (Å²) < 4.78 is 0. The third-order valence-corrected chi connectivity index (χ3v) is 5.01. The molecule has 0 aliphatic heterocycles. The Hall–Kier alpha value is -4.49. The van der Waals surface area contributed by atoms with Gasteiger partial charge in [0.2, 0.25) is 0 Å². The van der Waals surface area contributed by atoms with Gasteiger partial charge >= 0.3 is 0 Å². The van der Waals surface area contributed by atoms with Crippen LogP contribution in [0.25, 0.3) is 0 Å². The third-order valence-electron chi connectivity index (χ3n) is 5.01. The molecule has 1 aromatic heterocycles. The third kappa shape index (κ3) is 4.97. The molecular weight excluding hydrogens is 402 g/mol. The molecular formula is C25H21N5O2. The normalized spacial score (nSPS) is 10.5. The second-order valence-corrected chi connectivity index (χ2v) is 7.80. The fourth-order valence-corrected chi connectivity index (χ4v) is 2.94. The Bertz CT molecular complexity index is 1260. The molecule has 7 heteroatoms. The summed E-state index contributed by atoms with van der Waals surface area (Å²) in [5.41, 5.74) is 2.88. The van der Waals surface area contributed by atoms with Gasteiger partial charge in [-0.05, 0) is 68.3 Å². The van der Waals surface area contributed by atoms with Gasteiger partial charge in [-0.15, -0.1) is 0 Å². The molecule has 0 unspecified atom stereocenters. The van der Waals surface area contributed by atoms with Gasteiger partial charge in [0, 0.05) is 23.1 Å². The maximum Gasteiger partial charge on any atom is 0.257 e. The first kappa shape index (κ1) is 22.2. The number of hydrogen-bond donors (Lipinski definition) is 2. The average Bonchev–Trinajstić information content (AvgIpc) is 2.81. The monoisotopic (exact) mass is 423 g/mol.